The van der Waals surface area contributed by atoms with Crippen molar-refractivity contribution in [1.29, 1.82) is 0 Å². The Kier molecular flexibility index (Phi) is 3.34. The molecule has 1 fully saturated rings. The van der Waals surface area contributed by atoms with Gasteiger partial charge in [0.1, 0.15) is 6.61 Å². The molecule has 0 N–H and O–H groups in total. The van der Waals surface area contributed by atoms with Crippen molar-refractivity contribution in [2.24, 2.45) is 0 Å². The SMILES string of the molecule is Cc1ccnc(OCCN2CCCC2=O)n1. The summed E-state index contributed by atoms with van der Waals surface area (Å²) < 4.78 is 5.38. The lowest BCUT2D eigenvalue weighted by molar-refractivity contribution is -0.128. The van der Waals surface area contributed by atoms with E-state index in [2.05, 4.69) is 9.97 Å². The third kappa shape index (κ3) is 2.68. The second-order valence-corrected chi connectivity index (χ2v) is 3.81. The van der Waals surface area contributed by atoms with Crippen LogP contribution in [0.2, 0.25) is 0 Å². The number of carbonyl (C=O) groups excluding carboxylic acids is 1. The maximum absolute atomic E-state index is 11.3. The van der Waals surface area contributed by atoms with Gasteiger partial charge in [-0.05, 0) is 19.4 Å². The highest BCUT2D eigenvalue weighted by molar-refractivity contribution is 5.78. The molecule has 5 nitrogen and oxygen atoms in total. The predicted molar refractivity (Wildman–Crippen MR) is 58.1 cm³/mol. The zero-order valence-electron chi connectivity index (χ0n) is 9.35. The predicted octanol–water partition coefficient (Wildman–Crippen LogP) is 0.786. The van der Waals surface area contributed by atoms with Crippen molar-refractivity contribution < 1.29 is 9.53 Å². The van der Waals surface area contributed by atoms with Gasteiger partial charge in [0.05, 0.1) is 6.54 Å². The van der Waals surface area contributed by atoms with Crippen molar-refractivity contribution in [2.45, 2.75) is 19.8 Å². The van der Waals surface area contributed by atoms with Crippen molar-refractivity contribution in [3.8, 4) is 6.01 Å². The molecule has 1 amide bonds. The highest BCUT2D eigenvalue weighted by Gasteiger charge is 2.19. The van der Waals surface area contributed by atoms with E-state index in [1.165, 1.54) is 0 Å². The zero-order valence-corrected chi connectivity index (χ0v) is 9.35. The summed E-state index contributed by atoms with van der Waals surface area (Å²) in [4.78, 5) is 21.2. The summed E-state index contributed by atoms with van der Waals surface area (Å²) in [6, 6.07) is 2.20. The summed E-state index contributed by atoms with van der Waals surface area (Å²) in [5.41, 5.74) is 0.877. The molecule has 0 atom stereocenters. The summed E-state index contributed by atoms with van der Waals surface area (Å²) in [5, 5.41) is 0. The Morgan fingerprint density at radius 2 is 2.44 bits per heavy atom. The quantitative estimate of drug-likeness (QED) is 0.754. The minimum atomic E-state index is 0.216. The molecule has 5 heteroatoms. The number of ether oxygens (including phenoxy) is 1. The molecule has 0 saturated carbocycles. The van der Waals surface area contributed by atoms with Gasteiger partial charge in [0, 0.05) is 24.9 Å². The van der Waals surface area contributed by atoms with E-state index >= 15 is 0 Å². The fraction of sp³-hybridized carbons (Fsp3) is 0.545. The first-order chi connectivity index (χ1) is 7.75. The second-order valence-electron chi connectivity index (χ2n) is 3.81. The molecule has 1 saturated heterocycles. The van der Waals surface area contributed by atoms with E-state index in [1.807, 2.05) is 17.9 Å². The van der Waals surface area contributed by atoms with Crippen LogP contribution < -0.4 is 4.74 Å². The van der Waals surface area contributed by atoms with Crippen LogP contribution in [0.5, 0.6) is 6.01 Å². The molecule has 1 aliphatic heterocycles. The number of amides is 1. The lowest BCUT2D eigenvalue weighted by atomic mass is 10.4. The molecule has 86 valence electrons. The molecule has 0 spiro atoms. The number of aryl methyl sites for hydroxylation is 1. The van der Waals surface area contributed by atoms with Crippen LogP contribution in [0.4, 0.5) is 0 Å². The number of rotatable bonds is 4. The Labute approximate surface area is 94.5 Å². The second kappa shape index (κ2) is 4.92. The van der Waals surface area contributed by atoms with Crippen LogP contribution in [0, 0.1) is 6.92 Å². The molecule has 0 bridgehead atoms. The summed E-state index contributed by atoms with van der Waals surface area (Å²) >= 11 is 0. The van der Waals surface area contributed by atoms with E-state index in [9.17, 15) is 4.79 Å². The smallest absolute Gasteiger partial charge is 0.316 e. The van der Waals surface area contributed by atoms with Crippen LogP contribution >= 0.6 is 0 Å². The van der Waals surface area contributed by atoms with Crippen molar-refractivity contribution in [1.82, 2.24) is 14.9 Å². The van der Waals surface area contributed by atoms with Crippen LogP contribution in [0.15, 0.2) is 12.3 Å². The summed E-state index contributed by atoms with van der Waals surface area (Å²) in [6.07, 6.45) is 3.29. The Hall–Kier alpha value is -1.65. The van der Waals surface area contributed by atoms with Gasteiger partial charge in [-0.1, -0.05) is 0 Å². The number of carbonyl (C=O) groups is 1. The largest absolute Gasteiger partial charge is 0.462 e. The molecule has 1 aromatic heterocycles. The van der Waals surface area contributed by atoms with Gasteiger partial charge in [0.15, 0.2) is 0 Å². The van der Waals surface area contributed by atoms with E-state index in [0.29, 0.717) is 25.6 Å². The molecule has 1 aromatic rings. The molecule has 1 aliphatic rings. The number of hydrogen-bond acceptors (Lipinski definition) is 4. The first-order valence-electron chi connectivity index (χ1n) is 5.46. The van der Waals surface area contributed by atoms with E-state index in [1.54, 1.807) is 6.20 Å². The van der Waals surface area contributed by atoms with Gasteiger partial charge in [-0.25, -0.2) is 9.97 Å². The van der Waals surface area contributed by atoms with Gasteiger partial charge >= 0.3 is 6.01 Å². The van der Waals surface area contributed by atoms with Crippen LogP contribution in [0.25, 0.3) is 0 Å². The average molecular weight is 221 g/mol. The van der Waals surface area contributed by atoms with E-state index < -0.39 is 0 Å². The number of hydrogen-bond donors (Lipinski definition) is 0. The van der Waals surface area contributed by atoms with Gasteiger partial charge in [0.25, 0.3) is 0 Å². The fourth-order valence-electron chi connectivity index (χ4n) is 1.68. The lowest BCUT2D eigenvalue weighted by Gasteiger charge is -2.14. The standard InChI is InChI=1S/C11H15N3O2/c1-9-4-5-12-11(13-9)16-8-7-14-6-2-3-10(14)15/h4-5H,2-3,6-8H2,1H3. The molecule has 0 aliphatic carbocycles. The number of aromatic nitrogens is 2. The van der Waals surface area contributed by atoms with Crippen molar-refractivity contribution in [3.05, 3.63) is 18.0 Å². The third-order valence-corrected chi connectivity index (χ3v) is 2.54. The summed E-state index contributed by atoms with van der Waals surface area (Å²) in [7, 11) is 0. The van der Waals surface area contributed by atoms with Gasteiger partial charge in [0.2, 0.25) is 5.91 Å². The zero-order chi connectivity index (χ0) is 11.4. The maximum Gasteiger partial charge on any atom is 0.316 e. The molecule has 0 aromatic carbocycles. The van der Waals surface area contributed by atoms with Crippen LogP contribution in [-0.2, 0) is 4.79 Å². The van der Waals surface area contributed by atoms with Crippen LogP contribution in [0.1, 0.15) is 18.5 Å². The van der Waals surface area contributed by atoms with E-state index in [4.69, 9.17) is 4.74 Å². The minimum Gasteiger partial charge on any atom is -0.462 e. The molecular formula is C11H15N3O2. The first kappa shape index (κ1) is 10.9. The lowest BCUT2D eigenvalue weighted by Crippen LogP contribution is -2.29. The van der Waals surface area contributed by atoms with Gasteiger partial charge in [-0.15, -0.1) is 0 Å². The molecule has 16 heavy (non-hydrogen) atoms. The Bertz CT molecular complexity index is 381. The van der Waals surface area contributed by atoms with Gasteiger partial charge in [-0.2, -0.15) is 0 Å². The van der Waals surface area contributed by atoms with Gasteiger partial charge in [-0.3, -0.25) is 4.79 Å². The molecule has 2 rings (SSSR count). The van der Waals surface area contributed by atoms with Crippen molar-refractivity contribution in [3.63, 3.8) is 0 Å². The Balaban J connectivity index is 1.77. The molecule has 2 heterocycles. The average Bonchev–Trinajstić information content (AvgIpc) is 2.65. The fourth-order valence-corrected chi connectivity index (χ4v) is 1.68. The summed E-state index contributed by atoms with van der Waals surface area (Å²) in [6.45, 7) is 3.81. The summed E-state index contributed by atoms with van der Waals surface area (Å²) in [5.74, 6) is 0.216. The highest BCUT2D eigenvalue weighted by Crippen LogP contribution is 2.09. The first-order valence-corrected chi connectivity index (χ1v) is 5.46. The Morgan fingerprint density at radius 3 is 3.12 bits per heavy atom. The molecule has 0 radical (unpaired) electrons. The molecule has 0 unspecified atom stereocenters. The normalized spacial score (nSPS) is 15.6. The topological polar surface area (TPSA) is 55.3 Å². The van der Waals surface area contributed by atoms with Gasteiger partial charge < -0.3 is 9.64 Å². The van der Waals surface area contributed by atoms with Crippen LogP contribution in [-0.4, -0.2) is 40.5 Å². The number of nitrogens with zero attached hydrogens (tertiary/aromatic N) is 3. The third-order valence-electron chi connectivity index (χ3n) is 2.54. The van der Waals surface area contributed by atoms with Crippen molar-refractivity contribution in [2.75, 3.05) is 19.7 Å². The maximum atomic E-state index is 11.3. The highest BCUT2D eigenvalue weighted by atomic mass is 16.5. The van der Waals surface area contributed by atoms with Crippen LogP contribution in [0.3, 0.4) is 0 Å². The van der Waals surface area contributed by atoms with E-state index in [0.717, 1.165) is 18.7 Å². The monoisotopic (exact) mass is 221 g/mol. The minimum absolute atomic E-state index is 0.216. The Morgan fingerprint density at radius 1 is 1.56 bits per heavy atom. The van der Waals surface area contributed by atoms with E-state index in [-0.39, 0.29) is 5.91 Å². The number of likely N-dealkylation sites (tertiary alicyclic amines) is 1. The molecular weight excluding hydrogens is 206 g/mol. The van der Waals surface area contributed by atoms with Crippen molar-refractivity contribution >= 4 is 5.91 Å².